The molecule has 3 atom stereocenters. The number of hydrogen-bond donors (Lipinski definition) is 2. The van der Waals surface area contributed by atoms with E-state index < -0.39 is 5.82 Å². The van der Waals surface area contributed by atoms with E-state index in [1.807, 2.05) is 0 Å². The molecule has 1 aromatic carbocycles. The minimum absolute atomic E-state index is 0.0269. The van der Waals surface area contributed by atoms with Crippen molar-refractivity contribution in [2.45, 2.75) is 24.9 Å². The summed E-state index contributed by atoms with van der Waals surface area (Å²) in [5.41, 5.74) is 0.627. The number of carbonyl (C=O) groups excluding carboxylic acids is 2. The first-order valence-electron chi connectivity index (χ1n) is 8.75. The van der Waals surface area contributed by atoms with Crippen LogP contribution in [-0.4, -0.2) is 40.5 Å². The second kappa shape index (κ2) is 7.15. The van der Waals surface area contributed by atoms with Crippen molar-refractivity contribution in [2.75, 3.05) is 11.9 Å². The van der Waals surface area contributed by atoms with Crippen molar-refractivity contribution in [3.63, 3.8) is 0 Å². The number of nitrogens with one attached hydrogen (secondary N) is 2. The largest absolute Gasteiger partial charge is 0.349 e. The first-order valence-corrected chi connectivity index (χ1v) is 9.12. The molecule has 2 fully saturated rings. The van der Waals surface area contributed by atoms with E-state index in [9.17, 15) is 14.0 Å². The monoisotopic (exact) mass is 388 g/mol. The van der Waals surface area contributed by atoms with Crippen molar-refractivity contribution in [1.82, 2.24) is 15.2 Å². The zero-order valence-electron chi connectivity index (χ0n) is 14.4. The maximum atomic E-state index is 13.9. The number of pyridine rings is 1. The highest BCUT2D eigenvalue weighted by atomic mass is 35.5. The Morgan fingerprint density at radius 1 is 1.26 bits per heavy atom. The van der Waals surface area contributed by atoms with Crippen LogP contribution in [0.3, 0.4) is 0 Å². The SMILES string of the molecule is O=C(NC1CC2CC1CN2C(=O)Nc1ccc(Cl)cc1F)c1cccnc1. The number of hydrogen-bond acceptors (Lipinski definition) is 3. The Labute approximate surface area is 160 Å². The van der Waals surface area contributed by atoms with E-state index in [2.05, 4.69) is 15.6 Å². The van der Waals surface area contributed by atoms with Crippen molar-refractivity contribution in [2.24, 2.45) is 5.92 Å². The average molecular weight is 389 g/mol. The Kier molecular flexibility index (Phi) is 4.70. The topological polar surface area (TPSA) is 74.3 Å². The van der Waals surface area contributed by atoms with E-state index in [0.29, 0.717) is 18.5 Å². The molecule has 140 valence electrons. The Morgan fingerprint density at radius 3 is 2.78 bits per heavy atom. The van der Waals surface area contributed by atoms with Crippen LogP contribution in [0.5, 0.6) is 0 Å². The van der Waals surface area contributed by atoms with Crippen molar-refractivity contribution >= 4 is 29.2 Å². The first kappa shape index (κ1) is 17.7. The fourth-order valence-electron chi connectivity index (χ4n) is 3.91. The summed E-state index contributed by atoms with van der Waals surface area (Å²) >= 11 is 5.73. The van der Waals surface area contributed by atoms with Crippen LogP contribution in [0.2, 0.25) is 5.02 Å². The van der Waals surface area contributed by atoms with Crippen molar-refractivity contribution in [1.29, 1.82) is 0 Å². The van der Waals surface area contributed by atoms with Gasteiger partial charge in [-0.3, -0.25) is 9.78 Å². The smallest absolute Gasteiger partial charge is 0.322 e. The minimum Gasteiger partial charge on any atom is -0.349 e. The number of likely N-dealkylation sites (tertiary alicyclic amines) is 1. The van der Waals surface area contributed by atoms with E-state index in [-0.39, 0.29) is 40.6 Å². The van der Waals surface area contributed by atoms with Gasteiger partial charge in [-0.05, 0) is 49.1 Å². The normalized spacial score (nSPS) is 23.3. The number of fused-ring (bicyclic) bond motifs is 2. The van der Waals surface area contributed by atoms with E-state index >= 15 is 0 Å². The molecule has 0 spiro atoms. The van der Waals surface area contributed by atoms with Gasteiger partial charge in [0.15, 0.2) is 0 Å². The van der Waals surface area contributed by atoms with Gasteiger partial charge in [-0.25, -0.2) is 9.18 Å². The van der Waals surface area contributed by atoms with Crippen molar-refractivity contribution in [3.05, 3.63) is 59.1 Å². The van der Waals surface area contributed by atoms with Gasteiger partial charge in [0.2, 0.25) is 0 Å². The second-order valence-corrected chi connectivity index (χ2v) is 7.35. The summed E-state index contributed by atoms with van der Waals surface area (Å²) in [5.74, 6) is -0.530. The number of urea groups is 1. The molecule has 3 amide bonds. The van der Waals surface area contributed by atoms with Crippen LogP contribution in [0.4, 0.5) is 14.9 Å². The highest BCUT2D eigenvalue weighted by molar-refractivity contribution is 6.30. The maximum absolute atomic E-state index is 13.9. The first-order chi connectivity index (χ1) is 13.0. The molecule has 2 N–H and O–H groups in total. The standard InChI is InChI=1S/C19H18ClFN4O2/c20-13-3-4-16(15(21)7-13)24-19(27)25-10-12-6-14(25)8-17(12)23-18(26)11-2-1-5-22-9-11/h1-5,7,9,12,14,17H,6,8,10H2,(H,23,26)(H,24,27). The van der Waals surface area contributed by atoms with Gasteiger partial charge in [-0.1, -0.05) is 11.6 Å². The Morgan fingerprint density at radius 2 is 2.11 bits per heavy atom. The molecular weight excluding hydrogens is 371 g/mol. The quantitative estimate of drug-likeness (QED) is 0.847. The molecule has 4 rings (SSSR count). The number of anilines is 1. The van der Waals surface area contributed by atoms with Gasteiger partial charge in [0.05, 0.1) is 11.3 Å². The number of piperidine rings is 1. The molecule has 2 heterocycles. The van der Waals surface area contributed by atoms with Crippen LogP contribution in [0.25, 0.3) is 0 Å². The summed E-state index contributed by atoms with van der Waals surface area (Å²) in [7, 11) is 0. The van der Waals surface area contributed by atoms with Gasteiger partial charge in [0.1, 0.15) is 5.82 Å². The Hall–Kier alpha value is -2.67. The third-order valence-electron chi connectivity index (χ3n) is 5.22. The molecule has 2 aliphatic rings. The number of aromatic nitrogens is 1. The van der Waals surface area contributed by atoms with E-state index in [4.69, 9.17) is 11.6 Å². The average Bonchev–Trinajstić information content (AvgIpc) is 3.25. The highest BCUT2D eigenvalue weighted by Crippen LogP contribution is 2.38. The van der Waals surface area contributed by atoms with Crippen LogP contribution < -0.4 is 10.6 Å². The fraction of sp³-hybridized carbons (Fsp3) is 0.316. The van der Waals surface area contributed by atoms with Gasteiger partial charge < -0.3 is 15.5 Å². The lowest BCUT2D eigenvalue weighted by Crippen LogP contribution is -2.48. The van der Waals surface area contributed by atoms with Crippen molar-refractivity contribution < 1.29 is 14.0 Å². The van der Waals surface area contributed by atoms with E-state index in [1.165, 1.54) is 18.3 Å². The van der Waals surface area contributed by atoms with Crippen molar-refractivity contribution in [3.8, 4) is 0 Å². The molecular formula is C19H18ClFN4O2. The molecule has 6 nitrogen and oxygen atoms in total. The molecule has 1 aliphatic carbocycles. The predicted octanol–water partition coefficient (Wildman–Crippen LogP) is 3.30. The highest BCUT2D eigenvalue weighted by Gasteiger charge is 2.47. The van der Waals surface area contributed by atoms with Gasteiger partial charge in [-0.2, -0.15) is 0 Å². The zero-order chi connectivity index (χ0) is 19.0. The predicted molar refractivity (Wildman–Crippen MR) is 99.1 cm³/mol. The molecule has 3 unspecified atom stereocenters. The minimum atomic E-state index is -0.568. The number of amides is 3. The Balaban J connectivity index is 1.35. The van der Waals surface area contributed by atoms with Gasteiger partial charge in [0.25, 0.3) is 5.91 Å². The summed E-state index contributed by atoms with van der Waals surface area (Å²) in [6, 6.07) is 7.30. The lowest BCUT2D eigenvalue weighted by atomic mass is 10.0. The third kappa shape index (κ3) is 3.60. The molecule has 8 heteroatoms. The molecule has 1 aromatic heterocycles. The summed E-state index contributed by atoms with van der Waals surface area (Å²) in [4.78, 5) is 30.5. The van der Waals surface area contributed by atoms with Gasteiger partial charge in [0, 0.05) is 36.0 Å². The number of halogens is 2. The van der Waals surface area contributed by atoms with Crippen LogP contribution in [-0.2, 0) is 0 Å². The maximum Gasteiger partial charge on any atom is 0.322 e. The fourth-order valence-corrected chi connectivity index (χ4v) is 4.06. The summed E-state index contributed by atoms with van der Waals surface area (Å²) in [6.07, 6.45) is 4.67. The lowest BCUT2D eigenvalue weighted by molar-refractivity contribution is 0.0914. The van der Waals surface area contributed by atoms with Crippen LogP contribution >= 0.6 is 11.6 Å². The van der Waals surface area contributed by atoms with Crippen LogP contribution in [0, 0.1) is 11.7 Å². The number of rotatable bonds is 3. The molecule has 2 bridgehead atoms. The van der Waals surface area contributed by atoms with Crippen LogP contribution in [0.15, 0.2) is 42.7 Å². The van der Waals surface area contributed by atoms with Crippen LogP contribution in [0.1, 0.15) is 23.2 Å². The summed E-state index contributed by atoms with van der Waals surface area (Å²) in [5, 5.41) is 5.92. The third-order valence-corrected chi connectivity index (χ3v) is 5.45. The number of carbonyl (C=O) groups is 2. The van der Waals surface area contributed by atoms with E-state index in [1.54, 1.807) is 23.2 Å². The molecule has 2 aromatic rings. The zero-order valence-corrected chi connectivity index (χ0v) is 15.1. The molecule has 1 saturated carbocycles. The second-order valence-electron chi connectivity index (χ2n) is 6.91. The molecule has 27 heavy (non-hydrogen) atoms. The Bertz CT molecular complexity index is 879. The lowest BCUT2D eigenvalue weighted by Gasteiger charge is -2.32. The number of benzene rings is 1. The van der Waals surface area contributed by atoms with Gasteiger partial charge in [-0.15, -0.1) is 0 Å². The number of nitrogens with zero attached hydrogens (tertiary/aromatic N) is 2. The molecule has 1 saturated heterocycles. The molecule has 1 aliphatic heterocycles. The summed E-state index contributed by atoms with van der Waals surface area (Å²) < 4.78 is 13.9. The molecule has 0 radical (unpaired) electrons. The summed E-state index contributed by atoms with van der Waals surface area (Å²) in [6.45, 7) is 0.531. The van der Waals surface area contributed by atoms with E-state index in [0.717, 1.165) is 12.5 Å². The van der Waals surface area contributed by atoms with Gasteiger partial charge >= 0.3 is 6.03 Å².